The Labute approximate surface area is 172 Å². The lowest BCUT2D eigenvalue weighted by atomic mass is 10.1. The van der Waals surface area contributed by atoms with Gasteiger partial charge < -0.3 is 19.3 Å². The van der Waals surface area contributed by atoms with Crippen molar-refractivity contribution in [1.82, 2.24) is 5.16 Å². The molecule has 0 fully saturated rings. The molecule has 0 aliphatic carbocycles. The molecule has 1 amide bonds. The highest BCUT2D eigenvalue weighted by Gasteiger charge is 2.13. The molecular weight excluding hydrogens is 389 g/mol. The van der Waals surface area contributed by atoms with Gasteiger partial charge in [-0.15, -0.1) is 0 Å². The van der Waals surface area contributed by atoms with Crippen LogP contribution in [-0.2, 0) is 11.4 Å². The van der Waals surface area contributed by atoms with Crippen LogP contribution < -0.4 is 14.8 Å². The second-order valence-electron chi connectivity index (χ2n) is 6.24. The molecule has 0 saturated carbocycles. The number of ether oxygens (including phenoxy) is 2. The highest BCUT2D eigenvalue weighted by molar-refractivity contribution is 6.09. The molecule has 1 heterocycles. The van der Waals surface area contributed by atoms with E-state index in [1.807, 2.05) is 6.07 Å². The number of nitrogens with one attached hydrogen (secondary N) is 1. The summed E-state index contributed by atoms with van der Waals surface area (Å²) in [6.07, 6.45) is 1.41. The maximum atomic E-state index is 13.8. The van der Waals surface area contributed by atoms with Gasteiger partial charge in [-0.2, -0.15) is 5.26 Å². The fraction of sp³-hybridized carbons (Fsp3) is 0.136. The lowest BCUT2D eigenvalue weighted by Crippen LogP contribution is -2.13. The van der Waals surface area contributed by atoms with E-state index in [-0.39, 0.29) is 23.8 Å². The third kappa shape index (κ3) is 5.02. The van der Waals surface area contributed by atoms with E-state index < -0.39 is 5.91 Å². The second-order valence-corrected chi connectivity index (χ2v) is 6.24. The van der Waals surface area contributed by atoms with Crippen LogP contribution in [0.15, 0.2) is 58.6 Å². The van der Waals surface area contributed by atoms with Crippen molar-refractivity contribution in [3.05, 3.63) is 76.8 Å². The number of halogens is 1. The van der Waals surface area contributed by atoms with E-state index in [2.05, 4.69) is 10.5 Å². The summed E-state index contributed by atoms with van der Waals surface area (Å²) in [6, 6.07) is 14.6. The Morgan fingerprint density at radius 3 is 2.73 bits per heavy atom. The van der Waals surface area contributed by atoms with Crippen molar-refractivity contribution in [3.63, 3.8) is 0 Å². The van der Waals surface area contributed by atoms with Crippen LogP contribution in [0, 0.1) is 24.1 Å². The highest BCUT2D eigenvalue weighted by atomic mass is 19.1. The number of nitrogens with zero attached hydrogens (tertiary/aromatic N) is 2. The maximum absolute atomic E-state index is 13.8. The highest BCUT2D eigenvalue weighted by Crippen LogP contribution is 2.30. The van der Waals surface area contributed by atoms with Gasteiger partial charge in [0.1, 0.15) is 29.8 Å². The Hall–Kier alpha value is -4.12. The normalized spacial score (nSPS) is 10.9. The van der Waals surface area contributed by atoms with Crippen LogP contribution in [0.2, 0.25) is 0 Å². The summed E-state index contributed by atoms with van der Waals surface area (Å²) in [4.78, 5) is 12.3. The van der Waals surface area contributed by atoms with Crippen LogP contribution >= 0.6 is 0 Å². The molecule has 152 valence electrons. The number of benzene rings is 2. The standard InChI is InChI=1S/C22H18FN3O4/c1-14-9-21(26-30-14)25-22(27)17(12-24)10-15-7-8-19(20(11-15)28-2)29-13-16-5-3-4-6-18(16)23/h3-11H,13H2,1-2H3,(H,25,26,27)/b17-10-. The molecule has 3 aromatic rings. The third-order valence-electron chi connectivity index (χ3n) is 4.07. The van der Waals surface area contributed by atoms with Crippen molar-refractivity contribution in [3.8, 4) is 17.6 Å². The van der Waals surface area contributed by atoms with Crippen molar-refractivity contribution < 1.29 is 23.2 Å². The van der Waals surface area contributed by atoms with E-state index in [4.69, 9.17) is 14.0 Å². The summed E-state index contributed by atoms with van der Waals surface area (Å²) in [5, 5.41) is 15.5. The minimum absolute atomic E-state index is 0.0290. The number of anilines is 1. The summed E-state index contributed by atoms with van der Waals surface area (Å²) in [5.74, 6) is 0.549. The molecule has 8 heteroatoms. The average molecular weight is 407 g/mol. The van der Waals surface area contributed by atoms with Crippen LogP contribution in [0.1, 0.15) is 16.9 Å². The number of hydrogen-bond donors (Lipinski definition) is 1. The fourth-order valence-corrected chi connectivity index (χ4v) is 2.59. The molecule has 30 heavy (non-hydrogen) atoms. The van der Waals surface area contributed by atoms with E-state index in [9.17, 15) is 14.4 Å². The van der Waals surface area contributed by atoms with E-state index in [0.717, 1.165) is 0 Å². The number of hydrogen-bond acceptors (Lipinski definition) is 6. The van der Waals surface area contributed by atoms with Gasteiger partial charge in [0.15, 0.2) is 17.3 Å². The number of rotatable bonds is 7. The molecule has 0 saturated heterocycles. The number of aromatic nitrogens is 1. The van der Waals surface area contributed by atoms with Gasteiger partial charge >= 0.3 is 0 Å². The Bertz CT molecular complexity index is 1130. The second kappa shape index (κ2) is 9.39. The predicted molar refractivity (Wildman–Crippen MR) is 107 cm³/mol. The van der Waals surface area contributed by atoms with Gasteiger partial charge in [0.05, 0.1) is 7.11 Å². The zero-order valence-electron chi connectivity index (χ0n) is 16.3. The zero-order chi connectivity index (χ0) is 21.5. The van der Waals surface area contributed by atoms with E-state index in [0.29, 0.717) is 28.4 Å². The largest absolute Gasteiger partial charge is 0.493 e. The summed E-state index contributed by atoms with van der Waals surface area (Å²) in [5.41, 5.74) is 0.834. The molecule has 0 aliphatic rings. The van der Waals surface area contributed by atoms with Gasteiger partial charge in [-0.3, -0.25) is 4.79 Å². The zero-order valence-corrected chi connectivity index (χ0v) is 16.3. The molecule has 1 N–H and O–H groups in total. The lowest BCUT2D eigenvalue weighted by molar-refractivity contribution is -0.112. The molecule has 0 spiro atoms. The number of nitriles is 1. The first-order valence-corrected chi connectivity index (χ1v) is 8.91. The van der Waals surface area contributed by atoms with E-state index >= 15 is 0 Å². The van der Waals surface area contributed by atoms with Crippen LogP contribution in [0.25, 0.3) is 6.08 Å². The summed E-state index contributed by atoms with van der Waals surface area (Å²) < 4.78 is 29.6. The molecule has 0 bridgehead atoms. The SMILES string of the molecule is COc1cc(/C=C(/C#N)C(=O)Nc2cc(C)on2)ccc1OCc1ccccc1F. The first kappa shape index (κ1) is 20.6. The third-order valence-corrected chi connectivity index (χ3v) is 4.07. The first-order valence-electron chi connectivity index (χ1n) is 8.91. The summed E-state index contributed by atoms with van der Waals surface area (Å²) in [7, 11) is 1.46. The molecule has 0 radical (unpaired) electrons. The molecule has 7 nitrogen and oxygen atoms in total. The molecule has 0 unspecified atom stereocenters. The molecule has 1 aromatic heterocycles. The number of carbonyl (C=O) groups is 1. The van der Waals surface area contributed by atoms with Gasteiger partial charge in [-0.25, -0.2) is 4.39 Å². The molecular formula is C22H18FN3O4. The van der Waals surface area contributed by atoms with Gasteiger partial charge in [-0.05, 0) is 36.8 Å². The average Bonchev–Trinajstić information content (AvgIpc) is 3.16. The lowest BCUT2D eigenvalue weighted by Gasteiger charge is -2.12. The number of aryl methyl sites for hydroxylation is 1. The topological polar surface area (TPSA) is 97.4 Å². The molecule has 3 rings (SSSR count). The van der Waals surface area contributed by atoms with Crippen molar-refractivity contribution >= 4 is 17.8 Å². The Balaban J connectivity index is 1.76. The summed E-state index contributed by atoms with van der Waals surface area (Å²) >= 11 is 0. The maximum Gasteiger partial charge on any atom is 0.267 e. The van der Waals surface area contributed by atoms with E-state index in [1.54, 1.807) is 43.3 Å². The monoisotopic (exact) mass is 407 g/mol. The van der Waals surface area contributed by atoms with E-state index in [1.165, 1.54) is 25.3 Å². The first-order chi connectivity index (χ1) is 14.5. The molecule has 0 atom stereocenters. The number of amides is 1. The Kier molecular flexibility index (Phi) is 6.45. The smallest absolute Gasteiger partial charge is 0.267 e. The van der Waals surface area contributed by atoms with Gasteiger partial charge in [-0.1, -0.05) is 29.4 Å². The fourth-order valence-electron chi connectivity index (χ4n) is 2.59. The van der Waals surface area contributed by atoms with Gasteiger partial charge in [0, 0.05) is 11.6 Å². The van der Waals surface area contributed by atoms with Crippen molar-refractivity contribution in [2.24, 2.45) is 0 Å². The van der Waals surface area contributed by atoms with Crippen LogP contribution in [0.3, 0.4) is 0 Å². The van der Waals surface area contributed by atoms with Crippen molar-refractivity contribution in [2.75, 3.05) is 12.4 Å². The van der Waals surface area contributed by atoms with Gasteiger partial charge in [0.25, 0.3) is 5.91 Å². The molecule has 2 aromatic carbocycles. The number of carbonyl (C=O) groups excluding carboxylic acids is 1. The van der Waals surface area contributed by atoms with Gasteiger partial charge in [0.2, 0.25) is 0 Å². The van der Waals surface area contributed by atoms with Crippen LogP contribution in [-0.4, -0.2) is 18.2 Å². The Morgan fingerprint density at radius 2 is 2.07 bits per heavy atom. The number of methoxy groups -OCH3 is 1. The van der Waals surface area contributed by atoms with Crippen LogP contribution in [0.5, 0.6) is 11.5 Å². The minimum atomic E-state index is -0.621. The summed E-state index contributed by atoms with van der Waals surface area (Å²) in [6.45, 7) is 1.72. The predicted octanol–water partition coefficient (Wildman–Crippen LogP) is 4.26. The minimum Gasteiger partial charge on any atom is -0.493 e. The van der Waals surface area contributed by atoms with Crippen molar-refractivity contribution in [2.45, 2.75) is 13.5 Å². The molecule has 0 aliphatic heterocycles. The van der Waals surface area contributed by atoms with Crippen LogP contribution in [0.4, 0.5) is 10.2 Å². The Morgan fingerprint density at radius 1 is 1.27 bits per heavy atom. The van der Waals surface area contributed by atoms with Crippen molar-refractivity contribution in [1.29, 1.82) is 5.26 Å². The quantitative estimate of drug-likeness (QED) is 0.464.